The van der Waals surface area contributed by atoms with Gasteiger partial charge in [0, 0.05) is 37.4 Å². The fraction of sp³-hybridized carbons (Fsp3) is 0.550. The smallest absolute Gasteiger partial charge is 0.248 e. The van der Waals surface area contributed by atoms with Gasteiger partial charge in [-0.1, -0.05) is 6.07 Å². The molecular formula is C20H24F2N6O2. The summed E-state index contributed by atoms with van der Waals surface area (Å²) in [6, 6.07) is 5.72. The molecule has 10 heteroatoms. The molecule has 1 atom stereocenters. The van der Waals surface area contributed by atoms with Crippen LogP contribution in [0.15, 0.2) is 18.2 Å². The van der Waals surface area contributed by atoms with E-state index in [0.717, 1.165) is 11.9 Å². The molecule has 2 aromatic heterocycles. The number of rotatable bonds is 3. The number of alkyl halides is 2. The lowest BCUT2D eigenvalue weighted by Crippen LogP contribution is -2.47. The van der Waals surface area contributed by atoms with Gasteiger partial charge in [0.15, 0.2) is 11.5 Å². The van der Waals surface area contributed by atoms with E-state index in [1.54, 1.807) is 7.11 Å². The molecule has 0 spiro atoms. The molecule has 0 radical (unpaired) electrons. The molecule has 0 amide bonds. The zero-order valence-electron chi connectivity index (χ0n) is 16.7. The quantitative estimate of drug-likeness (QED) is 0.699. The van der Waals surface area contributed by atoms with Gasteiger partial charge in [0.25, 0.3) is 0 Å². The molecule has 3 heterocycles. The fourth-order valence-corrected chi connectivity index (χ4v) is 4.49. The van der Waals surface area contributed by atoms with Gasteiger partial charge in [-0.2, -0.15) is 4.52 Å². The van der Waals surface area contributed by atoms with Crippen molar-refractivity contribution in [3.63, 3.8) is 0 Å². The summed E-state index contributed by atoms with van der Waals surface area (Å²) in [7, 11) is 1.58. The Morgan fingerprint density at radius 2 is 2.03 bits per heavy atom. The summed E-state index contributed by atoms with van der Waals surface area (Å²) in [4.78, 5) is 11.4. The number of anilines is 1. The maximum atomic E-state index is 13.5. The van der Waals surface area contributed by atoms with Crippen molar-refractivity contribution in [3.05, 3.63) is 24.0 Å². The monoisotopic (exact) mass is 418 g/mol. The van der Waals surface area contributed by atoms with Crippen molar-refractivity contribution in [2.45, 2.75) is 43.8 Å². The second kappa shape index (κ2) is 7.28. The molecule has 1 aromatic carbocycles. The Morgan fingerprint density at radius 3 is 2.80 bits per heavy atom. The lowest BCUT2D eigenvalue weighted by Gasteiger charge is -2.40. The van der Waals surface area contributed by atoms with E-state index in [1.165, 1.54) is 4.52 Å². The van der Waals surface area contributed by atoms with Gasteiger partial charge >= 0.3 is 0 Å². The van der Waals surface area contributed by atoms with E-state index in [1.807, 2.05) is 18.2 Å². The number of methoxy groups -OCH3 is 1. The molecular weight excluding hydrogens is 394 g/mol. The standard InChI is InChI=1S/C20H24F2N6O2/c1-29-14-4-2-3-13-16(14)24-19(23)28-18(13)25-17(26-28)15-11-27(9-10-30-15)12-5-7-20(21,22)8-6-12/h2-4,12,15H,5-11H2,1H3,(H2,23,24)/t15-/m1/s1. The van der Waals surface area contributed by atoms with Crippen LogP contribution < -0.4 is 10.5 Å². The number of morpholine rings is 1. The Bertz CT molecular complexity index is 1080. The normalized spacial score (nSPS) is 23.2. The average Bonchev–Trinajstić information content (AvgIpc) is 3.20. The largest absolute Gasteiger partial charge is 0.494 e. The third-order valence-electron chi connectivity index (χ3n) is 6.12. The Hall–Kier alpha value is -2.59. The maximum Gasteiger partial charge on any atom is 0.248 e. The summed E-state index contributed by atoms with van der Waals surface area (Å²) < 4.78 is 39.9. The number of halogens is 2. The van der Waals surface area contributed by atoms with Gasteiger partial charge in [-0.15, -0.1) is 5.10 Å². The highest BCUT2D eigenvalue weighted by Crippen LogP contribution is 2.36. The van der Waals surface area contributed by atoms with E-state index in [2.05, 4.69) is 15.0 Å². The van der Waals surface area contributed by atoms with Crippen LogP contribution in [0.2, 0.25) is 0 Å². The van der Waals surface area contributed by atoms with E-state index < -0.39 is 5.92 Å². The van der Waals surface area contributed by atoms with Crippen LogP contribution >= 0.6 is 0 Å². The van der Waals surface area contributed by atoms with Crippen LogP contribution in [-0.2, 0) is 4.74 Å². The third kappa shape index (κ3) is 3.33. The van der Waals surface area contributed by atoms with Crippen molar-refractivity contribution in [1.82, 2.24) is 24.5 Å². The van der Waals surface area contributed by atoms with E-state index in [4.69, 9.17) is 20.2 Å². The van der Waals surface area contributed by atoms with Crippen molar-refractivity contribution < 1.29 is 18.3 Å². The van der Waals surface area contributed by atoms with Crippen LogP contribution in [0.25, 0.3) is 16.6 Å². The van der Waals surface area contributed by atoms with E-state index in [0.29, 0.717) is 48.7 Å². The molecule has 1 aliphatic heterocycles. The minimum atomic E-state index is -2.53. The van der Waals surface area contributed by atoms with E-state index >= 15 is 0 Å². The summed E-state index contributed by atoms with van der Waals surface area (Å²) >= 11 is 0. The molecule has 1 aliphatic carbocycles. The zero-order chi connectivity index (χ0) is 20.9. The maximum absolute atomic E-state index is 13.5. The van der Waals surface area contributed by atoms with E-state index in [-0.39, 0.29) is 30.9 Å². The first-order valence-corrected chi connectivity index (χ1v) is 10.2. The number of nitrogens with two attached hydrogens (primary N) is 1. The molecule has 8 nitrogen and oxygen atoms in total. The number of ether oxygens (including phenoxy) is 2. The topological polar surface area (TPSA) is 90.8 Å². The Kier molecular flexibility index (Phi) is 4.70. The second-order valence-corrected chi connectivity index (χ2v) is 7.97. The van der Waals surface area contributed by atoms with Gasteiger partial charge in [0.2, 0.25) is 11.9 Å². The SMILES string of the molecule is COc1cccc2c1nc(N)n1nc([C@H]3CN(C4CCC(F)(F)CC4)CCO3)nc21. The van der Waals surface area contributed by atoms with Gasteiger partial charge in [-0.05, 0) is 25.0 Å². The van der Waals surface area contributed by atoms with Crippen LogP contribution in [0, 0.1) is 0 Å². The Morgan fingerprint density at radius 1 is 1.23 bits per heavy atom. The highest BCUT2D eigenvalue weighted by molar-refractivity contribution is 5.95. The molecule has 30 heavy (non-hydrogen) atoms. The van der Waals surface area contributed by atoms with Crippen molar-refractivity contribution in [2.24, 2.45) is 0 Å². The first kappa shape index (κ1) is 19.4. The number of fused-ring (bicyclic) bond motifs is 3. The first-order valence-electron chi connectivity index (χ1n) is 10.2. The van der Waals surface area contributed by atoms with Crippen LogP contribution in [0.4, 0.5) is 14.7 Å². The third-order valence-corrected chi connectivity index (χ3v) is 6.12. The summed E-state index contributed by atoms with van der Waals surface area (Å²) in [6.45, 7) is 1.81. The minimum absolute atomic E-state index is 0.0532. The highest BCUT2D eigenvalue weighted by Gasteiger charge is 2.38. The van der Waals surface area contributed by atoms with Crippen molar-refractivity contribution in [1.29, 1.82) is 0 Å². The Balaban J connectivity index is 1.44. The van der Waals surface area contributed by atoms with Crippen LogP contribution in [0.1, 0.15) is 37.6 Å². The van der Waals surface area contributed by atoms with Gasteiger partial charge in [0.05, 0.1) is 13.7 Å². The molecule has 2 aliphatic rings. The van der Waals surface area contributed by atoms with Crippen molar-refractivity contribution >= 4 is 22.5 Å². The number of nitrogens with zero attached hydrogens (tertiary/aromatic N) is 5. The Labute approximate surface area is 172 Å². The molecule has 0 unspecified atom stereocenters. The molecule has 5 rings (SSSR count). The lowest BCUT2D eigenvalue weighted by atomic mass is 9.90. The van der Waals surface area contributed by atoms with E-state index in [9.17, 15) is 8.78 Å². The summed E-state index contributed by atoms with van der Waals surface area (Å²) in [5.74, 6) is -1.19. The number of aromatic nitrogens is 4. The molecule has 160 valence electrons. The van der Waals surface area contributed by atoms with Gasteiger partial charge < -0.3 is 15.2 Å². The van der Waals surface area contributed by atoms with Gasteiger partial charge in [0.1, 0.15) is 17.4 Å². The average molecular weight is 418 g/mol. The second-order valence-electron chi connectivity index (χ2n) is 7.97. The van der Waals surface area contributed by atoms with Gasteiger partial charge in [-0.3, -0.25) is 4.90 Å². The number of hydrogen-bond acceptors (Lipinski definition) is 7. The molecule has 2 fully saturated rings. The van der Waals surface area contributed by atoms with Crippen LogP contribution in [0.5, 0.6) is 5.75 Å². The number of benzene rings is 1. The molecule has 0 bridgehead atoms. The predicted molar refractivity (Wildman–Crippen MR) is 107 cm³/mol. The summed E-state index contributed by atoms with van der Waals surface area (Å²) in [5.41, 5.74) is 7.34. The highest BCUT2D eigenvalue weighted by atomic mass is 19.3. The summed E-state index contributed by atoms with van der Waals surface area (Å²) in [5, 5.41) is 5.33. The fourth-order valence-electron chi connectivity index (χ4n) is 4.49. The summed E-state index contributed by atoms with van der Waals surface area (Å²) in [6.07, 6.45) is 0.547. The molecule has 3 aromatic rings. The first-order chi connectivity index (χ1) is 14.4. The number of nitrogen functional groups attached to an aromatic ring is 1. The lowest BCUT2D eigenvalue weighted by molar-refractivity contribution is -0.0849. The predicted octanol–water partition coefficient (Wildman–Crippen LogP) is 2.82. The van der Waals surface area contributed by atoms with Crippen LogP contribution in [-0.4, -0.2) is 63.3 Å². The van der Waals surface area contributed by atoms with Crippen LogP contribution in [0.3, 0.4) is 0 Å². The molecule has 1 saturated heterocycles. The van der Waals surface area contributed by atoms with Crippen molar-refractivity contribution in [3.8, 4) is 5.75 Å². The van der Waals surface area contributed by atoms with Crippen molar-refractivity contribution in [2.75, 3.05) is 32.5 Å². The van der Waals surface area contributed by atoms with Gasteiger partial charge in [-0.25, -0.2) is 18.7 Å². The molecule has 2 N–H and O–H groups in total. The number of para-hydroxylation sites is 1. The number of hydrogen-bond donors (Lipinski definition) is 1. The zero-order valence-corrected chi connectivity index (χ0v) is 16.7. The minimum Gasteiger partial charge on any atom is -0.494 e. The molecule has 1 saturated carbocycles.